The van der Waals surface area contributed by atoms with Crippen LogP contribution < -0.4 is 0 Å². The molecule has 0 aromatic carbocycles. The fraction of sp³-hybridized carbons (Fsp3) is 0.571. The predicted molar refractivity (Wildman–Crippen MR) is 72.6 cm³/mol. The van der Waals surface area contributed by atoms with Gasteiger partial charge in [-0.15, -0.1) is 0 Å². The maximum Gasteiger partial charge on any atom is 0.0543 e. The molecule has 0 aromatic heterocycles. The minimum Gasteiger partial charge on any atom is -0.393 e. The van der Waals surface area contributed by atoms with E-state index in [2.05, 4.69) is 13.5 Å². The van der Waals surface area contributed by atoms with Crippen molar-refractivity contribution in [3.05, 3.63) is 35.9 Å². The molecule has 0 rings (SSSR count). The van der Waals surface area contributed by atoms with E-state index in [9.17, 15) is 5.11 Å². The van der Waals surface area contributed by atoms with E-state index >= 15 is 0 Å². The van der Waals surface area contributed by atoms with Crippen LogP contribution in [0, 0.1) is 5.92 Å². The number of rotatable bonds is 8. The molecule has 0 bridgehead atoms. The minimum atomic E-state index is -0.224. The summed E-state index contributed by atoms with van der Waals surface area (Å²) in [7, 11) is 0. The summed E-state index contributed by atoms with van der Waals surface area (Å²) < 4.78 is 0. The number of halogens is 1. The maximum absolute atomic E-state index is 9.73. The lowest BCUT2D eigenvalue weighted by atomic mass is 10.00. The SMILES string of the molecule is C=C/C=C/CCC(O)CCC(C)/C(Cl)=C/C. The zero-order chi connectivity index (χ0) is 12.4. The number of hydrogen-bond donors (Lipinski definition) is 1. The Hall–Kier alpha value is -0.530. The summed E-state index contributed by atoms with van der Waals surface area (Å²) in [6.07, 6.45) is 10.8. The Bertz CT molecular complexity index is 243. The van der Waals surface area contributed by atoms with Crippen LogP contribution in [0.1, 0.15) is 39.5 Å². The third-order valence-electron chi connectivity index (χ3n) is 2.62. The van der Waals surface area contributed by atoms with E-state index in [0.717, 1.165) is 30.7 Å². The summed E-state index contributed by atoms with van der Waals surface area (Å²) in [5.41, 5.74) is 0. The molecule has 0 aliphatic heterocycles. The van der Waals surface area contributed by atoms with Crippen LogP contribution in [0.25, 0.3) is 0 Å². The van der Waals surface area contributed by atoms with Gasteiger partial charge in [0.05, 0.1) is 6.10 Å². The molecule has 2 unspecified atom stereocenters. The molecule has 0 spiro atoms. The number of hydrogen-bond acceptors (Lipinski definition) is 1. The second kappa shape index (κ2) is 9.68. The first kappa shape index (κ1) is 15.5. The van der Waals surface area contributed by atoms with Gasteiger partial charge in [-0.2, -0.15) is 0 Å². The molecular weight excluding hydrogens is 220 g/mol. The van der Waals surface area contributed by atoms with Gasteiger partial charge in [-0.05, 0) is 38.5 Å². The van der Waals surface area contributed by atoms with E-state index in [4.69, 9.17) is 11.6 Å². The molecule has 0 aliphatic carbocycles. The van der Waals surface area contributed by atoms with Crippen LogP contribution in [0.2, 0.25) is 0 Å². The zero-order valence-corrected chi connectivity index (χ0v) is 11.1. The van der Waals surface area contributed by atoms with Crippen molar-refractivity contribution < 1.29 is 5.11 Å². The molecule has 0 aliphatic rings. The predicted octanol–water partition coefficient (Wildman–Crippen LogP) is 4.43. The molecule has 16 heavy (non-hydrogen) atoms. The molecule has 1 nitrogen and oxygen atoms in total. The zero-order valence-electron chi connectivity index (χ0n) is 10.3. The van der Waals surface area contributed by atoms with E-state index in [-0.39, 0.29) is 6.10 Å². The monoisotopic (exact) mass is 242 g/mol. The lowest BCUT2D eigenvalue weighted by molar-refractivity contribution is 0.149. The van der Waals surface area contributed by atoms with Crippen molar-refractivity contribution in [3.8, 4) is 0 Å². The van der Waals surface area contributed by atoms with Gasteiger partial charge >= 0.3 is 0 Å². The summed E-state index contributed by atoms with van der Waals surface area (Å²) >= 11 is 6.00. The van der Waals surface area contributed by atoms with E-state index in [1.54, 1.807) is 6.08 Å². The molecule has 0 saturated heterocycles. The maximum atomic E-state index is 9.73. The highest BCUT2D eigenvalue weighted by Crippen LogP contribution is 2.21. The fourth-order valence-electron chi connectivity index (χ4n) is 1.49. The van der Waals surface area contributed by atoms with Gasteiger partial charge in [-0.1, -0.05) is 49.4 Å². The molecule has 2 heteroatoms. The van der Waals surface area contributed by atoms with E-state index in [1.807, 2.05) is 25.2 Å². The Balaban J connectivity index is 3.68. The smallest absolute Gasteiger partial charge is 0.0543 e. The van der Waals surface area contributed by atoms with Gasteiger partial charge in [-0.3, -0.25) is 0 Å². The van der Waals surface area contributed by atoms with Gasteiger partial charge in [0.25, 0.3) is 0 Å². The Morgan fingerprint density at radius 2 is 2.06 bits per heavy atom. The van der Waals surface area contributed by atoms with Crippen molar-refractivity contribution in [3.63, 3.8) is 0 Å². The largest absolute Gasteiger partial charge is 0.393 e. The van der Waals surface area contributed by atoms with E-state index < -0.39 is 0 Å². The normalized spacial score (nSPS) is 16.4. The van der Waals surface area contributed by atoms with Gasteiger partial charge in [-0.25, -0.2) is 0 Å². The van der Waals surface area contributed by atoms with E-state index in [0.29, 0.717) is 5.92 Å². The van der Waals surface area contributed by atoms with Crippen molar-refractivity contribution in [1.82, 2.24) is 0 Å². The quantitative estimate of drug-likeness (QED) is 0.625. The number of aliphatic hydroxyl groups is 1. The summed E-state index contributed by atoms with van der Waals surface area (Å²) in [5.74, 6) is 0.352. The Labute approximate surface area is 105 Å². The van der Waals surface area contributed by atoms with Crippen molar-refractivity contribution >= 4 is 11.6 Å². The first-order valence-corrected chi connectivity index (χ1v) is 6.27. The topological polar surface area (TPSA) is 20.2 Å². The van der Waals surface area contributed by atoms with Gasteiger partial charge in [0.1, 0.15) is 0 Å². The summed E-state index contributed by atoms with van der Waals surface area (Å²) in [4.78, 5) is 0. The first-order chi connectivity index (χ1) is 7.61. The fourth-order valence-corrected chi connectivity index (χ4v) is 1.60. The Kier molecular flexibility index (Phi) is 9.36. The van der Waals surface area contributed by atoms with Crippen LogP contribution in [0.3, 0.4) is 0 Å². The van der Waals surface area contributed by atoms with Crippen molar-refractivity contribution in [2.24, 2.45) is 5.92 Å². The second-order valence-corrected chi connectivity index (χ2v) is 4.48. The van der Waals surface area contributed by atoms with Crippen LogP contribution in [-0.4, -0.2) is 11.2 Å². The molecule has 0 fully saturated rings. The van der Waals surface area contributed by atoms with Crippen molar-refractivity contribution in [2.45, 2.75) is 45.6 Å². The molecule has 0 saturated carbocycles. The molecule has 0 amide bonds. The lowest BCUT2D eigenvalue weighted by Crippen LogP contribution is -2.08. The molecule has 2 atom stereocenters. The third kappa shape index (κ3) is 7.72. The first-order valence-electron chi connectivity index (χ1n) is 5.89. The Morgan fingerprint density at radius 1 is 1.38 bits per heavy atom. The second-order valence-electron chi connectivity index (χ2n) is 4.05. The van der Waals surface area contributed by atoms with Crippen LogP contribution in [-0.2, 0) is 0 Å². The van der Waals surface area contributed by atoms with Gasteiger partial charge in [0, 0.05) is 5.03 Å². The highest BCUT2D eigenvalue weighted by atomic mass is 35.5. The van der Waals surface area contributed by atoms with Crippen LogP contribution >= 0.6 is 11.6 Å². The average Bonchev–Trinajstić information content (AvgIpc) is 2.30. The Morgan fingerprint density at radius 3 is 2.62 bits per heavy atom. The highest BCUT2D eigenvalue weighted by Gasteiger charge is 2.09. The van der Waals surface area contributed by atoms with Crippen LogP contribution in [0.5, 0.6) is 0 Å². The lowest BCUT2D eigenvalue weighted by Gasteiger charge is -2.13. The average molecular weight is 243 g/mol. The highest BCUT2D eigenvalue weighted by molar-refractivity contribution is 6.29. The number of allylic oxidation sites excluding steroid dienone is 5. The number of aliphatic hydroxyl groups excluding tert-OH is 1. The van der Waals surface area contributed by atoms with Crippen LogP contribution in [0.15, 0.2) is 35.9 Å². The van der Waals surface area contributed by atoms with Crippen molar-refractivity contribution in [1.29, 1.82) is 0 Å². The van der Waals surface area contributed by atoms with Gasteiger partial charge < -0.3 is 5.11 Å². The molecule has 0 radical (unpaired) electrons. The van der Waals surface area contributed by atoms with Gasteiger partial charge in [0.2, 0.25) is 0 Å². The third-order valence-corrected chi connectivity index (χ3v) is 3.21. The molecule has 92 valence electrons. The summed E-state index contributed by atoms with van der Waals surface area (Å²) in [5, 5.41) is 10.6. The van der Waals surface area contributed by atoms with Crippen molar-refractivity contribution in [2.75, 3.05) is 0 Å². The minimum absolute atomic E-state index is 0.224. The molecule has 0 heterocycles. The van der Waals surface area contributed by atoms with Gasteiger partial charge in [0.15, 0.2) is 0 Å². The summed E-state index contributed by atoms with van der Waals surface area (Å²) in [6, 6.07) is 0. The standard InChI is InChI=1S/C14H23ClO/c1-4-6-7-8-9-13(16)11-10-12(3)14(15)5-2/h4-7,12-13,16H,1,8-11H2,2-3H3/b7-6+,14-5-. The van der Waals surface area contributed by atoms with Crippen LogP contribution in [0.4, 0.5) is 0 Å². The van der Waals surface area contributed by atoms with E-state index in [1.165, 1.54) is 0 Å². The molecular formula is C14H23ClO. The molecule has 0 aromatic rings. The summed E-state index contributed by atoms with van der Waals surface area (Å²) in [6.45, 7) is 7.63. The molecule has 1 N–H and O–H groups in total.